The minimum Gasteiger partial charge on any atom is -0.328 e. The van der Waals surface area contributed by atoms with E-state index in [-0.39, 0.29) is 11.8 Å². The molecule has 0 unspecified atom stereocenters. The summed E-state index contributed by atoms with van der Waals surface area (Å²) in [6.07, 6.45) is 2.23. The number of Topliss-reactive ketones (excluding diaryl/α,β-unsaturated/α-hetero) is 1. The molecule has 3 aromatic rings. The minimum absolute atomic E-state index is 0.155. The first-order valence-electron chi connectivity index (χ1n) is 9.11. The molecule has 28 heavy (non-hydrogen) atoms. The van der Waals surface area contributed by atoms with Crippen molar-refractivity contribution in [3.05, 3.63) is 75.4 Å². The van der Waals surface area contributed by atoms with Crippen LogP contribution in [0.15, 0.2) is 59.8 Å². The Labute approximate surface area is 172 Å². The highest BCUT2D eigenvalue weighted by Gasteiger charge is 2.36. The molecule has 0 amide bonds. The molecule has 2 heterocycles. The van der Waals surface area contributed by atoms with Crippen LogP contribution in [0.5, 0.6) is 0 Å². The maximum atomic E-state index is 12.8. The predicted octanol–water partition coefficient (Wildman–Crippen LogP) is 5.27. The van der Waals surface area contributed by atoms with Crippen LogP contribution in [-0.2, 0) is 4.79 Å². The number of carbonyl (C=O) groups excluding carboxylic acids is 1. The number of halogens is 2. The van der Waals surface area contributed by atoms with Crippen molar-refractivity contribution in [1.29, 1.82) is 0 Å². The molecule has 1 atom stereocenters. The molecular formula is C21H16Cl2N4O. The number of nitrogens with one attached hydrogen (secondary N) is 1. The van der Waals surface area contributed by atoms with E-state index < -0.39 is 0 Å². The third-order valence-electron chi connectivity index (χ3n) is 5.16. The summed E-state index contributed by atoms with van der Waals surface area (Å²) in [5, 5.41) is 9.39. The molecule has 2 aromatic carbocycles. The van der Waals surface area contributed by atoms with Crippen molar-refractivity contribution in [3.8, 4) is 11.4 Å². The number of ketones is 1. The summed E-state index contributed by atoms with van der Waals surface area (Å²) in [5.74, 6) is 1.38. The molecule has 140 valence electrons. The van der Waals surface area contributed by atoms with Gasteiger partial charge in [-0.15, -0.1) is 5.10 Å². The molecule has 1 aliphatic carbocycles. The van der Waals surface area contributed by atoms with Gasteiger partial charge in [0.05, 0.1) is 0 Å². The minimum atomic E-state index is -0.315. The van der Waals surface area contributed by atoms with Crippen LogP contribution in [0.25, 0.3) is 11.4 Å². The topological polar surface area (TPSA) is 59.8 Å². The van der Waals surface area contributed by atoms with E-state index in [2.05, 4.69) is 10.3 Å². The second-order valence-corrected chi connectivity index (χ2v) is 7.83. The number of aromatic nitrogens is 3. The van der Waals surface area contributed by atoms with Crippen molar-refractivity contribution in [2.24, 2.45) is 0 Å². The van der Waals surface area contributed by atoms with E-state index in [9.17, 15) is 4.79 Å². The SMILES string of the molecule is O=C1CCCC2=C1[C@@H](c1ccc(Cl)cc1)n1nc(-c3ccc(Cl)cc3)nc1N2. The second-order valence-electron chi connectivity index (χ2n) is 6.96. The number of fused-ring (bicyclic) bond motifs is 1. The fourth-order valence-corrected chi connectivity index (χ4v) is 4.08. The Morgan fingerprint density at radius 3 is 2.36 bits per heavy atom. The Morgan fingerprint density at radius 1 is 0.964 bits per heavy atom. The molecule has 0 spiro atoms. The Hall–Kier alpha value is -2.63. The third-order valence-corrected chi connectivity index (χ3v) is 5.66. The van der Waals surface area contributed by atoms with Gasteiger partial charge in [0.2, 0.25) is 5.95 Å². The van der Waals surface area contributed by atoms with Crippen molar-refractivity contribution in [1.82, 2.24) is 14.8 Å². The molecule has 0 saturated heterocycles. The normalized spacial score (nSPS) is 18.5. The van der Waals surface area contributed by atoms with Gasteiger partial charge < -0.3 is 5.32 Å². The summed E-state index contributed by atoms with van der Waals surface area (Å²) >= 11 is 12.1. The van der Waals surface area contributed by atoms with Crippen LogP contribution in [0.3, 0.4) is 0 Å². The molecule has 1 N–H and O–H groups in total. The zero-order chi connectivity index (χ0) is 19.3. The summed E-state index contributed by atoms with van der Waals surface area (Å²) in [6, 6.07) is 14.6. The molecule has 5 nitrogen and oxygen atoms in total. The van der Waals surface area contributed by atoms with Crippen molar-refractivity contribution in [2.75, 3.05) is 5.32 Å². The van der Waals surface area contributed by atoms with Gasteiger partial charge in [0.1, 0.15) is 6.04 Å². The Balaban J connectivity index is 1.66. The molecule has 2 aliphatic rings. The van der Waals surface area contributed by atoms with Gasteiger partial charge in [0, 0.05) is 33.3 Å². The quantitative estimate of drug-likeness (QED) is 0.624. The van der Waals surface area contributed by atoms with Crippen LogP contribution in [0, 0.1) is 0 Å². The van der Waals surface area contributed by atoms with E-state index in [1.54, 1.807) is 4.68 Å². The zero-order valence-electron chi connectivity index (χ0n) is 14.8. The highest BCUT2D eigenvalue weighted by Crippen LogP contribution is 2.40. The summed E-state index contributed by atoms with van der Waals surface area (Å²) < 4.78 is 1.80. The number of allylic oxidation sites excluding steroid dienone is 2. The fourth-order valence-electron chi connectivity index (χ4n) is 3.83. The van der Waals surface area contributed by atoms with Gasteiger partial charge >= 0.3 is 0 Å². The van der Waals surface area contributed by atoms with E-state index in [0.717, 1.165) is 35.2 Å². The highest BCUT2D eigenvalue weighted by molar-refractivity contribution is 6.30. The Morgan fingerprint density at radius 2 is 1.64 bits per heavy atom. The standard InChI is InChI=1S/C21H16Cl2N4O/c22-14-8-4-12(5-9-14)19-18-16(2-1-3-17(18)28)24-21-25-20(26-27(19)21)13-6-10-15(23)11-7-13/h4-11,19H,1-3H2,(H,24,25,26)/t19-/m1/s1. The second kappa shape index (κ2) is 6.76. The summed E-state index contributed by atoms with van der Waals surface area (Å²) in [4.78, 5) is 17.5. The molecule has 1 aromatic heterocycles. The van der Waals surface area contributed by atoms with Crippen molar-refractivity contribution in [2.45, 2.75) is 25.3 Å². The summed E-state index contributed by atoms with van der Waals surface area (Å²) in [7, 11) is 0. The molecule has 0 radical (unpaired) electrons. The molecule has 5 rings (SSSR count). The van der Waals surface area contributed by atoms with Crippen LogP contribution in [0.1, 0.15) is 30.9 Å². The molecule has 7 heteroatoms. The van der Waals surface area contributed by atoms with Crippen LogP contribution < -0.4 is 5.32 Å². The number of rotatable bonds is 2. The lowest BCUT2D eigenvalue weighted by molar-refractivity contribution is -0.116. The Bertz CT molecular complexity index is 1100. The number of hydrogen-bond acceptors (Lipinski definition) is 4. The summed E-state index contributed by atoms with van der Waals surface area (Å²) in [5.41, 5.74) is 3.54. The van der Waals surface area contributed by atoms with E-state index in [4.69, 9.17) is 28.3 Å². The largest absolute Gasteiger partial charge is 0.328 e. The van der Waals surface area contributed by atoms with Gasteiger partial charge in [-0.3, -0.25) is 4.79 Å². The Kier molecular flexibility index (Phi) is 4.22. The first-order chi connectivity index (χ1) is 13.6. The maximum absolute atomic E-state index is 12.8. The van der Waals surface area contributed by atoms with Crippen LogP contribution >= 0.6 is 23.2 Å². The van der Waals surface area contributed by atoms with E-state index >= 15 is 0 Å². The van der Waals surface area contributed by atoms with Crippen molar-refractivity contribution < 1.29 is 4.79 Å². The van der Waals surface area contributed by atoms with Gasteiger partial charge in [-0.05, 0) is 54.8 Å². The van der Waals surface area contributed by atoms with Crippen LogP contribution in [0.2, 0.25) is 10.0 Å². The summed E-state index contributed by atoms with van der Waals surface area (Å²) in [6.45, 7) is 0. The maximum Gasteiger partial charge on any atom is 0.226 e. The predicted molar refractivity (Wildman–Crippen MR) is 110 cm³/mol. The highest BCUT2D eigenvalue weighted by atomic mass is 35.5. The van der Waals surface area contributed by atoms with Crippen molar-refractivity contribution in [3.63, 3.8) is 0 Å². The van der Waals surface area contributed by atoms with E-state index in [0.29, 0.717) is 28.2 Å². The van der Waals surface area contributed by atoms with Gasteiger partial charge in [-0.1, -0.05) is 35.3 Å². The average molecular weight is 411 g/mol. The number of anilines is 1. The van der Waals surface area contributed by atoms with Gasteiger partial charge in [-0.25, -0.2) is 4.68 Å². The number of benzene rings is 2. The van der Waals surface area contributed by atoms with E-state index in [1.165, 1.54) is 0 Å². The molecule has 0 fully saturated rings. The van der Waals surface area contributed by atoms with Gasteiger partial charge in [-0.2, -0.15) is 4.98 Å². The molecule has 0 saturated carbocycles. The lowest BCUT2D eigenvalue weighted by Crippen LogP contribution is -2.31. The van der Waals surface area contributed by atoms with E-state index in [1.807, 2.05) is 48.5 Å². The number of hydrogen-bond donors (Lipinski definition) is 1. The number of carbonyl (C=O) groups is 1. The number of nitrogens with zero attached hydrogens (tertiary/aromatic N) is 3. The zero-order valence-corrected chi connectivity index (χ0v) is 16.3. The third kappa shape index (κ3) is 2.91. The first kappa shape index (κ1) is 17.5. The molecular weight excluding hydrogens is 395 g/mol. The van der Waals surface area contributed by atoms with Crippen molar-refractivity contribution >= 4 is 34.9 Å². The monoisotopic (exact) mass is 410 g/mol. The van der Waals surface area contributed by atoms with Gasteiger partial charge in [0.15, 0.2) is 11.6 Å². The lowest BCUT2D eigenvalue weighted by atomic mass is 9.85. The first-order valence-corrected chi connectivity index (χ1v) is 9.87. The fraction of sp³-hybridized carbons (Fsp3) is 0.190. The average Bonchev–Trinajstić information content (AvgIpc) is 3.11. The van der Waals surface area contributed by atoms with Gasteiger partial charge in [0.25, 0.3) is 0 Å². The van der Waals surface area contributed by atoms with Crippen LogP contribution in [0.4, 0.5) is 5.95 Å². The lowest BCUT2D eigenvalue weighted by Gasteiger charge is -2.32. The smallest absolute Gasteiger partial charge is 0.226 e. The molecule has 1 aliphatic heterocycles. The van der Waals surface area contributed by atoms with Crippen LogP contribution in [-0.4, -0.2) is 20.5 Å². The molecule has 0 bridgehead atoms.